The van der Waals surface area contributed by atoms with E-state index < -0.39 is 18.4 Å². The van der Waals surface area contributed by atoms with Crippen LogP contribution in [0.3, 0.4) is 0 Å². The molecule has 7 heteroatoms. The lowest BCUT2D eigenvalue weighted by atomic mass is 9.98. The lowest BCUT2D eigenvalue weighted by Crippen LogP contribution is -2.30. The van der Waals surface area contributed by atoms with Crippen LogP contribution in [-0.4, -0.2) is 38.8 Å². The van der Waals surface area contributed by atoms with Crippen LogP contribution in [0, 0.1) is 12.3 Å². The maximum absolute atomic E-state index is 12.4. The molecule has 0 saturated carbocycles. The molecule has 1 aliphatic heterocycles. The molecule has 0 spiro atoms. The first-order valence-electron chi connectivity index (χ1n) is 8.86. The number of aliphatic carboxylic acids is 1. The number of hydrogen-bond acceptors (Lipinski definition) is 4. The van der Waals surface area contributed by atoms with Crippen LogP contribution in [0.2, 0.25) is 0 Å². The fourth-order valence-corrected chi connectivity index (χ4v) is 3.27. The van der Waals surface area contributed by atoms with E-state index >= 15 is 0 Å². The van der Waals surface area contributed by atoms with Gasteiger partial charge in [-0.05, 0) is 18.2 Å². The molecule has 1 amide bonds. The maximum atomic E-state index is 12.4. The number of carbonyl (C=O) groups is 2. The number of carboxylic acids is 1. The summed E-state index contributed by atoms with van der Waals surface area (Å²) in [5.74, 6) is 0.965. The summed E-state index contributed by atoms with van der Waals surface area (Å²) in [5, 5.41) is 11.2. The number of aliphatic imine (C=N–C) groups is 1. The van der Waals surface area contributed by atoms with E-state index in [1.807, 2.05) is 48.5 Å². The summed E-state index contributed by atoms with van der Waals surface area (Å²) in [6, 6.07) is 15.3. The van der Waals surface area contributed by atoms with Crippen LogP contribution >= 0.6 is 0 Å². The third-order valence-corrected chi connectivity index (χ3v) is 4.59. The lowest BCUT2D eigenvalue weighted by Gasteiger charge is -2.12. The van der Waals surface area contributed by atoms with Crippen LogP contribution in [-0.2, 0) is 11.3 Å². The Hall–Kier alpha value is -4.18. The topological polar surface area (TPSA) is 96.6 Å². The molecule has 0 saturated heterocycles. The minimum Gasteiger partial charge on any atom is -0.480 e. The van der Waals surface area contributed by atoms with Crippen molar-refractivity contribution in [3.63, 3.8) is 0 Å². The van der Waals surface area contributed by atoms with Crippen molar-refractivity contribution in [2.24, 2.45) is 4.99 Å². The maximum Gasteiger partial charge on any atom is 0.322 e. The number of hydrogen-bond donors (Lipinski definition) is 2. The van der Waals surface area contributed by atoms with Gasteiger partial charge in [0.2, 0.25) is 0 Å². The molecule has 2 heterocycles. The molecule has 0 bridgehead atoms. The standard InChI is InChI=1S/C22H16N4O3/c1-2-14-8-9-17-16(10-14)20(15-6-4-3-5-7-15)23-11-18-21(25-13-26(17)18)22(29)24-12-19(27)28/h1,3-10,13H,11-12H2,(H,24,29)(H,27,28). The van der Waals surface area contributed by atoms with Crippen molar-refractivity contribution < 1.29 is 14.7 Å². The monoisotopic (exact) mass is 384 g/mol. The second kappa shape index (κ2) is 7.44. The van der Waals surface area contributed by atoms with Crippen molar-refractivity contribution in [3.05, 3.63) is 82.9 Å². The molecule has 2 aromatic carbocycles. The number of nitrogens with one attached hydrogen (secondary N) is 1. The molecule has 3 aromatic rings. The van der Waals surface area contributed by atoms with E-state index in [0.717, 1.165) is 28.1 Å². The number of amides is 1. The fraction of sp³-hybridized carbons (Fsp3) is 0.0909. The molecule has 0 unspecified atom stereocenters. The first kappa shape index (κ1) is 18.2. The van der Waals surface area contributed by atoms with Gasteiger partial charge in [0, 0.05) is 16.7 Å². The van der Waals surface area contributed by atoms with Crippen molar-refractivity contribution in [3.8, 4) is 18.0 Å². The van der Waals surface area contributed by atoms with Gasteiger partial charge in [0.1, 0.15) is 12.9 Å². The van der Waals surface area contributed by atoms with Gasteiger partial charge in [0.05, 0.1) is 23.6 Å². The summed E-state index contributed by atoms with van der Waals surface area (Å²) in [6.07, 6.45) is 7.14. The zero-order valence-electron chi connectivity index (χ0n) is 15.3. The summed E-state index contributed by atoms with van der Waals surface area (Å²) >= 11 is 0. The largest absolute Gasteiger partial charge is 0.480 e. The highest BCUT2D eigenvalue weighted by Crippen LogP contribution is 2.27. The number of imidazole rings is 1. The van der Waals surface area contributed by atoms with Crippen molar-refractivity contribution in [2.75, 3.05) is 6.54 Å². The van der Waals surface area contributed by atoms with E-state index in [4.69, 9.17) is 16.5 Å². The van der Waals surface area contributed by atoms with E-state index in [0.29, 0.717) is 5.69 Å². The van der Waals surface area contributed by atoms with Crippen LogP contribution in [0.15, 0.2) is 59.9 Å². The number of carbonyl (C=O) groups excluding carboxylic acids is 1. The van der Waals surface area contributed by atoms with Gasteiger partial charge in [0.15, 0.2) is 5.69 Å². The Kier molecular flexibility index (Phi) is 4.67. The highest BCUT2D eigenvalue weighted by Gasteiger charge is 2.24. The van der Waals surface area contributed by atoms with Crippen molar-refractivity contribution in [1.82, 2.24) is 14.9 Å². The summed E-state index contributed by atoms with van der Waals surface area (Å²) in [6.45, 7) is -0.272. The molecule has 0 aliphatic carbocycles. The van der Waals surface area contributed by atoms with Gasteiger partial charge in [-0.1, -0.05) is 36.3 Å². The van der Waals surface area contributed by atoms with E-state index in [9.17, 15) is 9.59 Å². The zero-order chi connectivity index (χ0) is 20.4. The molecule has 0 fully saturated rings. The number of carboxylic acid groups (broad SMARTS) is 1. The quantitative estimate of drug-likeness (QED) is 0.673. The number of benzene rings is 2. The zero-order valence-corrected chi connectivity index (χ0v) is 15.3. The molecule has 0 atom stereocenters. The minimum absolute atomic E-state index is 0.149. The summed E-state index contributed by atoms with van der Waals surface area (Å²) in [4.78, 5) is 32.2. The molecular formula is C22H16N4O3. The Morgan fingerprint density at radius 3 is 2.72 bits per heavy atom. The van der Waals surface area contributed by atoms with E-state index in [1.54, 1.807) is 10.9 Å². The van der Waals surface area contributed by atoms with Crippen LogP contribution in [0.4, 0.5) is 0 Å². The van der Waals surface area contributed by atoms with E-state index in [2.05, 4.69) is 16.2 Å². The molecule has 0 radical (unpaired) electrons. The van der Waals surface area contributed by atoms with E-state index in [1.165, 1.54) is 0 Å². The average molecular weight is 384 g/mol. The molecular weight excluding hydrogens is 368 g/mol. The highest BCUT2D eigenvalue weighted by atomic mass is 16.4. The van der Waals surface area contributed by atoms with Crippen molar-refractivity contribution >= 4 is 17.6 Å². The molecule has 7 nitrogen and oxygen atoms in total. The third-order valence-electron chi connectivity index (χ3n) is 4.59. The van der Waals surface area contributed by atoms with Crippen molar-refractivity contribution in [1.29, 1.82) is 0 Å². The molecule has 29 heavy (non-hydrogen) atoms. The smallest absolute Gasteiger partial charge is 0.322 e. The number of nitrogens with zero attached hydrogens (tertiary/aromatic N) is 3. The normalized spacial score (nSPS) is 12.0. The number of fused-ring (bicyclic) bond motifs is 3. The SMILES string of the molecule is C#Cc1ccc2c(c1)C(c1ccccc1)=NCc1c(C(=O)NCC(=O)O)ncn1-2. The molecule has 1 aliphatic rings. The second-order valence-corrected chi connectivity index (χ2v) is 6.39. The van der Waals surface area contributed by atoms with Gasteiger partial charge in [-0.25, -0.2) is 4.98 Å². The molecule has 4 rings (SSSR count). The second-order valence-electron chi connectivity index (χ2n) is 6.39. The van der Waals surface area contributed by atoms with Gasteiger partial charge in [-0.15, -0.1) is 6.42 Å². The highest BCUT2D eigenvalue weighted by molar-refractivity contribution is 6.15. The first-order valence-corrected chi connectivity index (χ1v) is 8.86. The van der Waals surface area contributed by atoms with E-state index in [-0.39, 0.29) is 12.2 Å². The Balaban J connectivity index is 1.86. The Bertz CT molecular complexity index is 1190. The lowest BCUT2D eigenvalue weighted by molar-refractivity contribution is -0.135. The van der Waals surface area contributed by atoms with Gasteiger partial charge in [-0.2, -0.15) is 0 Å². The molecule has 1 aromatic heterocycles. The summed E-state index contributed by atoms with van der Waals surface area (Å²) in [7, 11) is 0. The molecule has 142 valence electrons. The Labute approximate surface area is 166 Å². The minimum atomic E-state index is -1.12. The van der Waals surface area contributed by atoms with Crippen LogP contribution < -0.4 is 5.32 Å². The predicted octanol–water partition coefficient (Wildman–Crippen LogP) is 2.02. The van der Waals surface area contributed by atoms with Crippen LogP contribution in [0.25, 0.3) is 5.69 Å². The fourth-order valence-electron chi connectivity index (χ4n) is 3.27. The number of rotatable bonds is 4. The predicted molar refractivity (Wildman–Crippen MR) is 107 cm³/mol. The van der Waals surface area contributed by atoms with Gasteiger partial charge < -0.3 is 10.4 Å². The van der Waals surface area contributed by atoms with Gasteiger partial charge in [-0.3, -0.25) is 19.1 Å². The number of terminal acetylenes is 1. The first-order chi connectivity index (χ1) is 14.1. The average Bonchev–Trinajstić information content (AvgIpc) is 3.09. The summed E-state index contributed by atoms with van der Waals surface area (Å²) in [5.41, 5.74) is 4.76. The summed E-state index contributed by atoms with van der Waals surface area (Å²) < 4.78 is 1.80. The third kappa shape index (κ3) is 3.39. The van der Waals surface area contributed by atoms with Crippen LogP contribution in [0.1, 0.15) is 32.9 Å². The van der Waals surface area contributed by atoms with Gasteiger partial charge >= 0.3 is 5.97 Å². The number of aromatic nitrogens is 2. The Morgan fingerprint density at radius 1 is 1.21 bits per heavy atom. The van der Waals surface area contributed by atoms with Crippen LogP contribution in [0.5, 0.6) is 0 Å². The van der Waals surface area contributed by atoms with Crippen molar-refractivity contribution in [2.45, 2.75) is 6.54 Å². The molecule has 2 N–H and O–H groups in total. The van der Waals surface area contributed by atoms with Gasteiger partial charge in [0.25, 0.3) is 5.91 Å². The Morgan fingerprint density at radius 2 is 2.00 bits per heavy atom.